The number of likely N-dealkylation sites (tertiary alicyclic amines) is 1. The fourth-order valence-corrected chi connectivity index (χ4v) is 3.45. The van der Waals surface area contributed by atoms with Gasteiger partial charge in [0.05, 0.1) is 0 Å². The normalized spacial score (nSPS) is 16.0. The van der Waals surface area contributed by atoms with Crippen LogP contribution < -0.4 is 5.32 Å². The number of piperidine rings is 1. The van der Waals surface area contributed by atoms with Gasteiger partial charge in [0.1, 0.15) is 0 Å². The molecule has 0 saturated carbocycles. The van der Waals surface area contributed by atoms with Gasteiger partial charge in [-0.05, 0) is 69.7 Å². The number of nitrogens with one attached hydrogen (secondary N) is 1. The van der Waals surface area contributed by atoms with E-state index >= 15 is 0 Å². The number of aryl methyl sites for hydroxylation is 1. The van der Waals surface area contributed by atoms with Crippen molar-refractivity contribution in [3.63, 3.8) is 0 Å². The maximum atomic E-state index is 6.18. The monoisotopic (exact) mass is 353 g/mol. The smallest absolute Gasteiger partial charge is 0.173 e. The van der Waals surface area contributed by atoms with Crippen LogP contribution in [0.25, 0.3) is 0 Å². The summed E-state index contributed by atoms with van der Waals surface area (Å²) in [6.45, 7) is 7.49. The minimum Gasteiger partial charge on any atom is -0.349 e. The van der Waals surface area contributed by atoms with Gasteiger partial charge in [-0.25, -0.2) is 0 Å². The zero-order valence-electron chi connectivity index (χ0n) is 14.4. The predicted octanol–water partition coefficient (Wildman–Crippen LogP) is 4.54. The lowest BCUT2D eigenvalue weighted by atomic mass is 10.0. The van der Waals surface area contributed by atoms with Crippen molar-refractivity contribution >= 4 is 34.6 Å². The number of unbranched alkanes of at least 4 members (excludes halogenated alkanes) is 1. The summed E-state index contributed by atoms with van der Waals surface area (Å²) >= 11 is 11.7. The second-order valence-electron chi connectivity index (χ2n) is 6.45. The molecule has 0 unspecified atom stereocenters. The number of benzene rings is 1. The third-order valence-corrected chi connectivity index (χ3v) is 5.43. The van der Waals surface area contributed by atoms with Crippen LogP contribution in [0, 0.1) is 6.92 Å². The van der Waals surface area contributed by atoms with Crippen molar-refractivity contribution in [2.75, 3.05) is 32.0 Å². The van der Waals surface area contributed by atoms with Crippen LogP contribution >= 0.6 is 23.8 Å². The predicted molar refractivity (Wildman–Crippen MR) is 105 cm³/mol. The van der Waals surface area contributed by atoms with E-state index in [0.717, 1.165) is 34.5 Å². The van der Waals surface area contributed by atoms with Crippen molar-refractivity contribution in [2.24, 2.45) is 0 Å². The van der Waals surface area contributed by atoms with Crippen LogP contribution in [0.1, 0.15) is 38.2 Å². The Morgan fingerprint density at radius 3 is 2.70 bits per heavy atom. The van der Waals surface area contributed by atoms with Crippen LogP contribution in [0.4, 0.5) is 5.69 Å². The van der Waals surface area contributed by atoms with Crippen LogP contribution in [-0.4, -0.2) is 47.6 Å². The first-order chi connectivity index (χ1) is 11.0. The van der Waals surface area contributed by atoms with Gasteiger partial charge >= 0.3 is 0 Å². The summed E-state index contributed by atoms with van der Waals surface area (Å²) in [7, 11) is 2.25. The number of nitrogens with zero attached hydrogens (tertiary/aromatic N) is 2. The Bertz CT molecular complexity index is 527. The van der Waals surface area contributed by atoms with Gasteiger partial charge in [0, 0.05) is 29.8 Å². The summed E-state index contributed by atoms with van der Waals surface area (Å²) in [6, 6.07) is 6.67. The van der Waals surface area contributed by atoms with Crippen LogP contribution in [0.2, 0.25) is 5.02 Å². The molecule has 0 bridgehead atoms. The Morgan fingerprint density at radius 1 is 1.39 bits per heavy atom. The summed E-state index contributed by atoms with van der Waals surface area (Å²) in [5, 5.41) is 4.89. The van der Waals surface area contributed by atoms with Gasteiger partial charge in [-0.1, -0.05) is 31.0 Å². The third kappa shape index (κ3) is 5.33. The topological polar surface area (TPSA) is 18.5 Å². The van der Waals surface area contributed by atoms with Crippen molar-refractivity contribution in [3.05, 3.63) is 28.8 Å². The van der Waals surface area contributed by atoms with E-state index in [9.17, 15) is 0 Å². The largest absolute Gasteiger partial charge is 0.349 e. The first-order valence-corrected chi connectivity index (χ1v) is 9.32. The highest BCUT2D eigenvalue weighted by Gasteiger charge is 2.23. The van der Waals surface area contributed by atoms with Crippen molar-refractivity contribution in [2.45, 2.75) is 45.6 Å². The molecule has 1 heterocycles. The number of halogens is 1. The Morgan fingerprint density at radius 2 is 2.09 bits per heavy atom. The van der Waals surface area contributed by atoms with Gasteiger partial charge in [-0.3, -0.25) is 0 Å². The number of thiocarbonyl (C=S) groups is 1. The molecule has 128 valence electrons. The fraction of sp³-hybridized carbons (Fsp3) is 0.611. The van der Waals surface area contributed by atoms with Crippen molar-refractivity contribution < 1.29 is 0 Å². The molecule has 1 aromatic rings. The average molecular weight is 354 g/mol. The number of hydrogen-bond donors (Lipinski definition) is 1. The zero-order valence-corrected chi connectivity index (χ0v) is 16.0. The van der Waals surface area contributed by atoms with Crippen LogP contribution in [0.15, 0.2) is 18.2 Å². The molecule has 23 heavy (non-hydrogen) atoms. The van der Waals surface area contributed by atoms with E-state index in [1.165, 1.54) is 32.2 Å². The van der Waals surface area contributed by atoms with Gasteiger partial charge in [-0.2, -0.15) is 0 Å². The molecule has 0 amide bonds. The highest BCUT2D eigenvalue weighted by atomic mass is 35.5. The molecule has 0 atom stereocenters. The highest BCUT2D eigenvalue weighted by molar-refractivity contribution is 7.80. The number of anilines is 1. The molecule has 1 saturated heterocycles. The molecule has 1 N–H and O–H groups in total. The van der Waals surface area contributed by atoms with E-state index in [-0.39, 0.29) is 0 Å². The second kappa shape index (κ2) is 8.86. The Labute approximate surface area is 151 Å². The Balaban J connectivity index is 1.82. The molecule has 0 aromatic heterocycles. The van der Waals surface area contributed by atoms with Gasteiger partial charge in [0.2, 0.25) is 0 Å². The van der Waals surface area contributed by atoms with Gasteiger partial charge < -0.3 is 15.1 Å². The molecule has 2 rings (SSSR count). The lowest BCUT2D eigenvalue weighted by molar-refractivity contribution is 0.163. The van der Waals surface area contributed by atoms with Crippen molar-refractivity contribution in [1.29, 1.82) is 0 Å². The Kier molecular flexibility index (Phi) is 7.12. The molecule has 1 aliphatic heterocycles. The summed E-state index contributed by atoms with van der Waals surface area (Å²) in [4.78, 5) is 4.78. The number of rotatable bonds is 5. The summed E-state index contributed by atoms with van der Waals surface area (Å²) in [5.41, 5.74) is 2.05. The highest BCUT2D eigenvalue weighted by Crippen LogP contribution is 2.21. The van der Waals surface area contributed by atoms with Gasteiger partial charge in [0.15, 0.2) is 5.11 Å². The van der Waals surface area contributed by atoms with E-state index in [0.29, 0.717) is 6.04 Å². The molecular formula is C18H28ClN3S. The second-order valence-corrected chi connectivity index (χ2v) is 7.24. The molecule has 1 aliphatic rings. The quantitative estimate of drug-likeness (QED) is 0.783. The maximum Gasteiger partial charge on any atom is 0.173 e. The zero-order chi connectivity index (χ0) is 16.8. The first kappa shape index (κ1) is 18.5. The maximum absolute atomic E-state index is 6.18. The lowest BCUT2D eigenvalue weighted by Crippen LogP contribution is -2.47. The minimum absolute atomic E-state index is 0.689. The number of hydrogen-bond acceptors (Lipinski definition) is 2. The van der Waals surface area contributed by atoms with Crippen molar-refractivity contribution in [3.8, 4) is 0 Å². The first-order valence-electron chi connectivity index (χ1n) is 8.53. The van der Waals surface area contributed by atoms with Crippen LogP contribution in [0.5, 0.6) is 0 Å². The average Bonchev–Trinajstić information content (AvgIpc) is 2.56. The van der Waals surface area contributed by atoms with E-state index in [2.05, 4.69) is 29.1 Å². The fourth-order valence-electron chi connectivity index (χ4n) is 2.97. The van der Waals surface area contributed by atoms with Crippen molar-refractivity contribution in [1.82, 2.24) is 9.80 Å². The standard InChI is InChI=1S/C18H28ClN3S/c1-4-5-10-21(3)16-8-11-22(12-9-16)18(23)20-15-7-6-14(2)17(19)13-15/h6-7,13,16H,4-5,8-12H2,1-3H3,(H,20,23). The molecule has 0 aliphatic carbocycles. The molecule has 3 nitrogen and oxygen atoms in total. The van der Waals surface area contributed by atoms with Crippen LogP contribution in [0.3, 0.4) is 0 Å². The van der Waals surface area contributed by atoms with Gasteiger partial charge in [0.25, 0.3) is 0 Å². The SMILES string of the molecule is CCCCN(C)C1CCN(C(=S)Nc2ccc(C)c(Cl)c2)CC1. The molecule has 1 aromatic carbocycles. The Hall–Kier alpha value is -0.840. The van der Waals surface area contributed by atoms with E-state index in [1.807, 2.05) is 25.1 Å². The summed E-state index contributed by atoms with van der Waals surface area (Å²) < 4.78 is 0. The van der Waals surface area contributed by atoms with E-state index in [4.69, 9.17) is 23.8 Å². The molecule has 0 radical (unpaired) electrons. The molecular weight excluding hydrogens is 326 g/mol. The summed E-state index contributed by atoms with van der Waals surface area (Å²) in [6.07, 6.45) is 4.90. The van der Waals surface area contributed by atoms with E-state index < -0.39 is 0 Å². The molecule has 1 fully saturated rings. The molecule has 5 heteroatoms. The van der Waals surface area contributed by atoms with Gasteiger partial charge in [-0.15, -0.1) is 0 Å². The van der Waals surface area contributed by atoms with Crippen LogP contribution in [-0.2, 0) is 0 Å². The van der Waals surface area contributed by atoms with E-state index in [1.54, 1.807) is 0 Å². The minimum atomic E-state index is 0.689. The third-order valence-electron chi connectivity index (χ3n) is 4.66. The summed E-state index contributed by atoms with van der Waals surface area (Å²) in [5.74, 6) is 0. The lowest BCUT2D eigenvalue weighted by Gasteiger charge is -2.38. The molecule has 0 spiro atoms.